The molecule has 3 aromatic heterocycles. The van der Waals surface area contributed by atoms with E-state index in [1.807, 2.05) is 25.1 Å². The maximum Gasteiger partial charge on any atom is 0.350 e. The zero-order chi connectivity index (χ0) is 23.1. The van der Waals surface area contributed by atoms with Gasteiger partial charge in [0.1, 0.15) is 5.82 Å². The average molecular weight is 456 g/mol. The summed E-state index contributed by atoms with van der Waals surface area (Å²) in [6, 6.07) is 5.57. The summed E-state index contributed by atoms with van der Waals surface area (Å²) < 4.78 is 29.2. The summed E-state index contributed by atoms with van der Waals surface area (Å²) in [7, 11) is 0. The van der Waals surface area contributed by atoms with E-state index < -0.39 is 12.3 Å². The highest BCUT2D eigenvalue weighted by molar-refractivity contribution is 5.94. The van der Waals surface area contributed by atoms with Gasteiger partial charge < -0.3 is 9.80 Å². The lowest BCUT2D eigenvalue weighted by Crippen LogP contribution is -2.42. The van der Waals surface area contributed by atoms with Gasteiger partial charge >= 0.3 is 5.69 Å². The minimum absolute atomic E-state index is 0.0868. The normalized spacial score (nSPS) is 18.7. The average Bonchev–Trinajstić information content (AvgIpc) is 3.17. The molecule has 1 amide bonds. The number of hydrogen-bond donors (Lipinski definition) is 0. The molecule has 174 valence electrons. The second-order valence-corrected chi connectivity index (χ2v) is 8.66. The molecule has 5 rings (SSSR count). The first-order chi connectivity index (χ1) is 16.0. The van der Waals surface area contributed by atoms with Crippen molar-refractivity contribution in [3.63, 3.8) is 0 Å². The van der Waals surface area contributed by atoms with E-state index in [0.717, 1.165) is 36.5 Å². The molecule has 2 aliphatic heterocycles. The zero-order valence-corrected chi connectivity index (χ0v) is 18.5. The summed E-state index contributed by atoms with van der Waals surface area (Å²) in [6.45, 7) is 3.70. The fourth-order valence-corrected chi connectivity index (χ4v) is 4.80. The van der Waals surface area contributed by atoms with Crippen LogP contribution in [-0.4, -0.2) is 56.0 Å². The van der Waals surface area contributed by atoms with Crippen molar-refractivity contribution in [2.24, 2.45) is 5.92 Å². The molecule has 0 radical (unpaired) electrons. The van der Waals surface area contributed by atoms with Crippen molar-refractivity contribution in [2.75, 3.05) is 24.5 Å². The predicted molar refractivity (Wildman–Crippen MR) is 119 cm³/mol. The maximum absolute atomic E-state index is 13.1. The van der Waals surface area contributed by atoms with Crippen molar-refractivity contribution in [1.82, 2.24) is 24.1 Å². The van der Waals surface area contributed by atoms with E-state index in [4.69, 9.17) is 0 Å². The zero-order valence-electron chi connectivity index (χ0n) is 18.5. The van der Waals surface area contributed by atoms with Gasteiger partial charge in [0.2, 0.25) is 6.43 Å². The van der Waals surface area contributed by atoms with Crippen molar-refractivity contribution >= 4 is 23.1 Å². The molecule has 33 heavy (non-hydrogen) atoms. The van der Waals surface area contributed by atoms with E-state index >= 15 is 0 Å². The highest BCUT2D eigenvalue weighted by atomic mass is 19.3. The quantitative estimate of drug-likeness (QED) is 0.603. The van der Waals surface area contributed by atoms with Crippen molar-refractivity contribution in [3.8, 4) is 0 Å². The number of carbonyl (C=O) groups excluding carboxylic acids is 1. The smallest absolute Gasteiger partial charge is 0.338 e. The van der Waals surface area contributed by atoms with Crippen molar-refractivity contribution in [1.29, 1.82) is 0 Å². The third-order valence-corrected chi connectivity index (χ3v) is 6.55. The molecule has 0 saturated carbocycles. The Morgan fingerprint density at radius 3 is 2.88 bits per heavy atom. The van der Waals surface area contributed by atoms with Crippen LogP contribution in [0.4, 0.5) is 20.3 Å². The van der Waals surface area contributed by atoms with E-state index in [2.05, 4.69) is 15.0 Å². The Kier molecular flexibility index (Phi) is 5.59. The molecular weight excluding hydrogens is 430 g/mol. The highest BCUT2D eigenvalue weighted by Gasteiger charge is 2.31. The van der Waals surface area contributed by atoms with Crippen molar-refractivity contribution < 1.29 is 13.6 Å². The number of hydrogen-bond acceptors (Lipinski definition) is 5. The number of halogens is 2. The molecule has 0 aliphatic carbocycles. The molecule has 0 bridgehead atoms. The molecule has 0 spiro atoms. The number of nitrogens with zero attached hydrogens (tertiary/aromatic N) is 6. The van der Waals surface area contributed by atoms with Crippen molar-refractivity contribution in [2.45, 2.75) is 45.6 Å². The van der Waals surface area contributed by atoms with Gasteiger partial charge in [-0.15, -0.1) is 5.10 Å². The van der Waals surface area contributed by atoms with Crippen LogP contribution in [0.15, 0.2) is 35.4 Å². The predicted octanol–water partition coefficient (Wildman–Crippen LogP) is 3.11. The SMILES string of the molecule is CCn1nc2cc(N3CCCc4cc(C(=O)N5CCC[C@H](C(F)F)C5)cnc43)ccn2c1=O. The molecule has 8 nitrogen and oxygen atoms in total. The fourth-order valence-electron chi connectivity index (χ4n) is 4.80. The van der Waals surface area contributed by atoms with Crippen LogP contribution in [0.5, 0.6) is 0 Å². The molecule has 1 atom stereocenters. The number of aromatic nitrogens is 4. The van der Waals surface area contributed by atoms with E-state index in [-0.39, 0.29) is 18.1 Å². The number of rotatable bonds is 4. The summed E-state index contributed by atoms with van der Waals surface area (Å²) in [4.78, 5) is 33.5. The molecule has 5 heterocycles. The summed E-state index contributed by atoms with van der Waals surface area (Å²) >= 11 is 0. The topological polar surface area (TPSA) is 75.7 Å². The van der Waals surface area contributed by atoms with Crippen LogP contribution in [0.3, 0.4) is 0 Å². The van der Waals surface area contributed by atoms with E-state index in [9.17, 15) is 18.4 Å². The monoisotopic (exact) mass is 456 g/mol. The van der Waals surface area contributed by atoms with Gasteiger partial charge in [-0.1, -0.05) is 0 Å². The Labute approximate surface area is 189 Å². The Balaban J connectivity index is 1.42. The first-order valence-corrected chi connectivity index (χ1v) is 11.4. The van der Waals surface area contributed by atoms with Crippen LogP contribution in [-0.2, 0) is 13.0 Å². The molecule has 0 unspecified atom stereocenters. The molecule has 3 aromatic rings. The highest BCUT2D eigenvalue weighted by Crippen LogP contribution is 2.33. The summed E-state index contributed by atoms with van der Waals surface area (Å²) in [6.07, 6.45) is 3.55. The second kappa shape index (κ2) is 8.57. The third kappa shape index (κ3) is 3.87. The molecule has 2 aliphatic rings. The number of amides is 1. The Morgan fingerprint density at radius 1 is 1.24 bits per heavy atom. The van der Waals surface area contributed by atoms with Crippen LogP contribution in [0.2, 0.25) is 0 Å². The van der Waals surface area contributed by atoms with Crippen LogP contribution in [0.1, 0.15) is 42.1 Å². The van der Waals surface area contributed by atoms with Gasteiger partial charge in [0.15, 0.2) is 5.65 Å². The fraction of sp³-hybridized carbons (Fsp3) is 0.478. The van der Waals surface area contributed by atoms with Gasteiger partial charge in [-0.3, -0.25) is 9.20 Å². The van der Waals surface area contributed by atoms with Gasteiger partial charge in [-0.25, -0.2) is 23.2 Å². The number of alkyl halides is 2. The molecule has 0 N–H and O–H groups in total. The van der Waals surface area contributed by atoms with Gasteiger partial charge in [-0.2, -0.15) is 0 Å². The molecule has 1 saturated heterocycles. The summed E-state index contributed by atoms with van der Waals surface area (Å²) in [5, 5.41) is 4.37. The molecule has 10 heteroatoms. The van der Waals surface area contributed by atoms with Crippen LogP contribution < -0.4 is 10.6 Å². The number of pyridine rings is 2. The standard InChI is InChI=1S/C23H26F2N6O2/c1-2-31-23(33)30-10-7-18(12-19(30)27-31)29-9-4-5-15-11-17(13-26-21(15)29)22(32)28-8-3-6-16(14-28)20(24)25/h7,10-13,16,20H,2-6,8-9,14H2,1H3/t16-/m0/s1. The lowest BCUT2D eigenvalue weighted by molar-refractivity contribution is 0.0253. The first kappa shape index (κ1) is 21.5. The first-order valence-electron chi connectivity index (χ1n) is 11.4. The van der Waals surface area contributed by atoms with E-state index in [1.165, 1.54) is 14.0 Å². The van der Waals surface area contributed by atoms with Gasteiger partial charge in [0.25, 0.3) is 5.91 Å². The summed E-state index contributed by atoms with van der Waals surface area (Å²) in [5.41, 5.74) is 2.65. The number of fused-ring (bicyclic) bond motifs is 2. The van der Waals surface area contributed by atoms with Crippen LogP contribution in [0, 0.1) is 5.92 Å². The number of likely N-dealkylation sites (tertiary alicyclic amines) is 1. The molecule has 1 fully saturated rings. The van der Waals surface area contributed by atoms with Gasteiger partial charge in [0, 0.05) is 56.2 Å². The lowest BCUT2D eigenvalue weighted by Gasteiger charge is -2.33. The van der Waals surface area contributed by atoms with Crippen LogP contribution in [0.25, 0.3) is 5.65 Å². The molecular formula is C23H26F2N6O2. The Morgan fingerprint density at radius 2 is 2.09 bits per heavy atom. The lowest BCUT2D eigenvalue weighted by atomic mass is 9.97. The number of anilines is 2. The number of aryl methyl sites for hydroxylation is 2. The minimum Gasteiger partial charge on any atom is -0.338 e. The van der Waals surface area contributed by atoms with Gasteiger partial charge in [0.05, 0.1) is 5.56 Å². The maximum atomic E-state index is 13.1. The van der Waals surface area contributed by atoms with Crippen molar-refractivity contribution in [3.05, 3.63) is 52.2 Å². The number of carbonyl (C=O) groups is 1. The summed E-state index contributed by atoms with van der Waals surface area (Å²) in [5.74, 6) is -0.232. The van der Waals surface area contributed by atoms with Crippen LogP contribution >= 0.6 is 0 Å². The Bertz CT molecular complexity index is 1250. The second-order valence-electron chi connectivity index (χ2n) is 8.66. The van der Waals surface area contributed by atoms with E-state index in [0.29, 0.717) is 37.1 Å². The molecule has 0 aromatic carbocycles. The third-order valence-electron chi connectivity index (χ3n) is 6.55. The largest absolute Gasteiger partial charge is 0.350 e. The Hall–Kier alpha value is -3.30. The minimum atomic E-state index is -2.41. The number of piperidine rings is 1. The van der Waals surface area contributed by atoms with Gasteiger partial charge in [-0.05, 0) is 50.3 Å². The van der Waals surface area contributed by atoms with E-state index in [1.54, 1.807) is 12.4 Å².